The van der Waals surface area contributed by atoms with Gasteiger partial charge in [0.2, 0.25) is 5.91 Å². The van der Waals surface area contributed by atoms with Crippen LogP contribution in [0, 0.1) is 0 Å². The number of piperazine rings is 1. The second-order valence-electron chi connectivity index (χ2n) is 8.07. The zero-order valence-electron chi connectivity index (χ0n) is 19.3. The quantitative estimate of drug-likeness (QED) is 0.452. The van der Waals surface area contributed by atoms with Crippen LogP contribution in [0.25, 0.3) is 5.69 Å². The average molecular weight is 466 g/mol. The minimum Gasteiger partial charge on any atom is -0.497 e. The van der Waals surface area contributed by atoms with Gasteiger partial charge in [-0.1, -0.05) is 49.0 Å². The van der Waals surface area contributed by atoms with E-state index in [2.05, 4.69) is 46.3 Å². The van der Waals surface area contributed by atoms with Crippen LogP contribution in [0.2, 0.25) is 0 Å². The Kier molecular flexibility index (Phi) is 8.01. The third kappa shape index (κ3) is 5.94. The number of para-hydroxylation sites is 1. The van der Waals surface area contributed by atoms with Crippen molar-refractivity contribution in [3.63, 3.8) is 0 Å². The van der Waals surface area contributed by atoms with E-state index in [4.69, 9.17) is 4.74 Å². The van der Waals surface area contributed by atoms with Crippen molar-refractivity contribution in [1.29, 1.82) is 0 Å². The number of nitrogens with zero attached hydrogens (tertiary/aromatic N) is 5. The number of methoxy groups -OCH3 is 1. The molecule has 1 aliphatic rings. The number of carbonyl (C=O) groups is 1. The lowest BCUT2D eigenvalue weighted by molar-refractivity contribution is -0.130. The number of aryl methyl sites for hydroxylation is 1. The molecular weight excluding hydrogens is 434 g/mol. The third-order valence-electron chi connectivity index (χ3n) is 6.07. The first-order valence-electron chi connectivity index (χ1n) is 11.4. The van der Waals surface area contributed by atoms with Gasteiger partial charge in [0.25, 0.3) is 0 Å². The largest absolute Gasteiger partial charge is 0.497 e. The van der Waals surface area contributed by atoms with Crippen molar-refractivity contribution < 1.29 is 9.53 Å². The molecule has 33 heavy (non-hydrogen) atoms. The number of benzene rings is 2. The molecule has 0 atom stereocenters. The molecule has 0 bridgehead atoms. The molecule has 0 spiro atoms. The van der Waals surface area contributed by atoms with Gasteiger partial charge in [0.1, 0.15) is 12.1 Å². The first-order valence-corrected chi connectivity index (χ1v) is 12.4. The highest BCUT2D eigenvalue weighted by atomic mass is 32.2. The number of ether oxygens (including phenoxy) is 1. The van der Waals surface area contributed by atoms with Crippen LogP contribution in [-0.4, -0.2) is 76.1 Å². The molecule has 3 aromatic rings. The standard InChI is InChI=1S/C25H31N5O2S/c1-3-21-6-4-5-7-23(21)30-19-26-27-25(30)33-18-24(31)29-16-14-28(15-17-29)13-12-20-8-10-22(32-2)11-9-20/h4-11,19H,3,12-18H2,1-2H3. The Morgan fingerprint density at radius 2 is 1.82 bits per heavy atom. The fraction of sp³-hybridized carbons (Fsp3) is 0.400. The maximum Gasteiger partial charge on any atom is 0.233 e. The molecule has 8 heteroatoms. The molecule has 1 fully saturated rings. The second kappa shape index (κ2) is 11.3. The van der Waals surface area contributed by atoms with Crippen LogP contribution in [0.5, 0.6) is 5.75 Å². The Balaban J connectivity index is 1.24. The highest BCUT2D eigenvalue weighted by Crippen LogP contribution is 2.23. The summed E-state index contributed by atoms with van der Waals surface area (Å²) in [5, 5.41) is 9.09. The summed E-state index contributed by atoms with van der Waals surface area (Å²) < 4.78 is 7.20. The summed E-state index contributed by atoms with van der Waals surface area (Å²) in [6.45, 7) is 6.50. The van der Waals surface area contributed by atoms with Gasteiger partial charge in [-0.3, -0.25) is 14.3 Å². The number of aromatic nitrogens is 3. The molecule has 0 radical (unpaired) electrons. The van der Waals surface area contributed by atoms with Crippen LogP contribution in [0.3, 0.4) is 0 Å². The highest BCUT2D eigenvalue weighted by molar-refractivity contribution is 7.99. The number of amides is 1. The molecule has 1 aromatic heterocycles. The van der Waals surface area contributed by atoms with Gasteiger partial charge in [-0.2, -0.15) is 0 Å². The Morgan fingerprint density at radius 3 is 2.55 bits per heavy atom. The van der Waals surface area contributed by atoms with Crippen LogP contribution in [0.15, 0.2) is 60.0 Å². The van der Waals surface area contributed by atoms with E-state index in [0.29, 0.717) is 5.75 Å². The summed E-state index contributed by atoms with van der Waals surface area (Å²) in [7, 11) is 1.69. The summed E-state index contributed by atoms with van der Waals surface area (Å²) in [6, 6.07) is 16.5. The molecule has 0 unspecified atom stereocenters. The molecule has 0 saturated carbocycles. The Bertz CT molecular complexity index is 1040. The predicted octanol–water partition coefficient (Wildman–Crippen LogP) is 3.32. The fourth-order valence-electron chi connectivity index (χ4n) is 4.05. The highest BCUT2D eigenvalue weighted by Gasteiger charge is 2.22. The molecule has 7 nitrogen and oxygen atoms in total. The van der Waals surface area contributed by atoms with E-state index >= 15 is 0 Å². The van der Waals surface area contributed by atoms with Gasteiger partial charge in [0.15, 0.2) is 5.16 Å². The van der Waals surface area contributed by atoms with Crippen molar-refractivity contribution in [2.45, 2.75) is 24.9 Å². The molecule has 2 aromatic carbocycles. The second-order valence-corrected chi connectivity index (χ2v) is 9.02. The van der Waals surface area contributed by atoms with Crippen molar-refractivity contribution in [3.8, 4) is 11.4 Å². The van der Waals surface area contributed by atoms with Gasteiger partial charge in [-0.05, 0) is 42.2 Å². The van der Waals surface area contributed by atoms with Gasteiger partial charge < -0.3 is 9.64 Å². The summed E-state index contributed by atoms with van der Waals surface area (Å²) in [5.74, 6) is 1.42. The predicted molar refractivity (Wildman–Crippen MR) is 131 cm³/mol. The summed E-state index contributed by atoms with van der Waals surface area (Å²) in [5.41, 5.74) is 3.61. The molecular formula is C25H31N5O2S. The van der Waals surface area contributed by atoms with Crippen LogP contribution in [-0.2, 0) is 17.6 Å². The van der Waals surface area contributed by atoms with Crippen LogP contribution >= 0.6 is 11.8 Å². The van der Waals surface area contributed by atoms with Crippen molar-refractivity contribution in [1.82, 2.24) is 24.6 Å². The van der Waals surface area contributed by atoms with Crippen LogP contribution in [0.1, 0.15) is 18.1 Å². The molecule has 1 saturated heterocycles. The van der Waals surface area contributed by atoms with E-state index in [9.17, 15) is 4.79 Å². The monoisotopic (exact) mass is 465 g/mol. The van der Waals surface area contributed by atoms with Gasteiger partial charge >= 0.3 is 0 Å². The fourth-order valence-corrected chi connectivity index (χ4v) is 4.88. The Labute approximate surface area is 199 Å². The first kappa shape index (κ1) is 23.3. The third-order valence-corrected chi connectivity index (χ3v) is 7.00. The van der Waals surface area contributed by atoms with E-state index in [0.717, 1.165) is 62.2 Å². The van der Waals surface area contributed by atoms with Crippen LogP contribution in [0.4, 0.5) is 0 Å². The van der Waals surface area contributed by atoms with Crippen molar-refractivity contribution >= 4 is 17.7 Å². The molecule has 0 aliphatic carbocycles. The zero-order valence-corrected chi connectivity index (χ0v) is 20.1. The molecule has 4 rings (SSSR count). The van der Waals surface area contributed by atoms with Gasteiger partial charge in [0, 0.05) is 32.7 Å². The number of rotatable bonds is 9. The van der Waals surface area contributed by atoms with Crippen molar-refractivity contribution in [2.75, 3.05) is 45.6 Å². The first-order chi connectivity index (χ1) is 16.2. The lowest BCUT2D eigenvalue weighted by atomic mass is 10.1. The normalized spacial score (nSPS) is 14.4. The Morgan fingerprint density at radius 1 is 1.06 bits per heavy atom. The average Bonchev–Trinajstić information content (AvgIpc) is 3.35. The van der Waals surface area contributed by atoms with Crippen LogP contribution < -0.4 is 4.74 Å². The van der Waals surface area contributed by atoms with Gasteiger partial charge in [-0.25, -0.2) is 0 Å². The topological polar surface area (TPSA) is 63.5 Å². The summed E-state index contributed by atoms with van der Waals surface area (Å²) in [4.78, 5) is 17.2. The number of hydrogen-bond donors (Lipinski definition) is 0. The van der Waals surface area contributed by atoms with E-state index < -0.39 is 0 Å². The van der Waals surface area contributed by atoms with Gasteiger partial charge in [-0.15, -0.1) is 10.2 Å². The zero-order chi connectivity index (χ0) is 23.0. The van der Waals surface area contributed by atoms with Crippen molar-refractivity contribution in [3.05, 3.63) is 66.0 Å². The SMILES string of the molecule is CCc1ccccc1-n1cnnc1SCC(=O)N1CCN(CCc2ccc(OC)cc2)CC1. The maximum absolute atomic E-state index is 12.8. The molecule has 2 heterocycles. The number of hydrogen-bond acceptors (Lipinski definition) is 6. The number of thioether (sulfide) groups is 1. The molecule has 1 amide bonds. The lowest BCUT2D eigenvalue weighted by Gasteiger charge is -2.34. The molecule has 1 aliphatic heterocycles. The smallest absolute Gasteiger partial charge is 0.233 e. The summed E-state index contributed by atoms with van der Waals surface area (Å²) >= 11 is 1.46. The maximum atomic E-state index is 12.8. The van der Waals surface area contributed by atoms with E-state index in [-0.39, 0.29) is 5.91 Å². The molecule has 0 N–H and O–H groups in total. The minimum atomic E-state index is 0.160. The summed E-state index contributed by atoms with van der Waals surface area (Å²) in [6.07, 6.45) is 3.66. The minimum absolute atomic E-state index is 0.160. The van der Waals surface area contributed by atoms with E-state index in [1.54, 1.807) is 13.4 Å². The van der Waals surface area contributed by atoms with E-state index in [1.165, 1.54) is 22.9 Å². The Hall–Kier alpha value is -2.84. The number of carbonyl (C=O) groups excluding carboxylic acids is 1. The molecule has 174 valence electrons. The lowest BCUT2D eigenvalue weighted by Crippen LogP contribution is -2.49. The van der Waals surface area contributed by atoms with Crippen molar-refractivity contribution in [2.24, 2.45) is 0 Å². The van der Waals surface area contributed by atoms with Gasteiger partial charge in [0.05, 0.1) is 18.6 Å². The van der Waals surface area contributed by atoms with E-state index in [1.807, 2.05) is 33.7 Å².